The summed E-state index contributed by atoms with van der Waals surface area (Å²) in [7, 11) is 1.77. The van der Waals surface area contributed by atoms with Crippen LogP contribution in [0.3, 0.4) is 0 Å². The number of hydrogen-bond donors (Lipinski definition) is 2. The number of rotatable bonds is 7. The van der Waals surface area contributed by atoms with Gasteiger partial charge in [0.2, 0.25) is 11.8 Å². The number of likely N-dealkylation sites (tertiary alicyclic amines) is 1. The Morgan fingerprint density at radius 3 is 2.57 bits per heavy atom. The molecule has 0 bridgehead atoms. The molecule has 2 aliphatic heterocycles. The molecule has 2 N–H and O–H groups in total. The van der Waals surface area contributed by atoms with Crippen molar-refractivity contribution >= 4 is 45.3 Å². The lowest BCUT2D eigenvalue weighted by molar-refractivity contribution is -0.135. The summed E-state index contributed by atoms with van der Waals surface area (Å²) in [5.41, 5.74) is 3.28. The molecule has 13 nitrogen and oxygen atoms in total. The first kappa shape index (κ1) is 32.9. The number of nitrogens with one attached hydrogen (secondary N) is 2. The molecule has 1 saturated carbocycles. The van der Waals surface area contributed by atoms with Crippen LogP contribution < -0.4 is 16.3 Å². The quantitative estimate of drug-likeness (QED) is 0.238. The largest absolute Gasteiger partial charge is 0.329 e. The first-order chi connectivity index (χ1) is 24.7. The van der Waals surface area contributed by atoms with Crippen LogP contribution in [-0.2, 0) is 16.6 Å². The molecule has 2 saturated heterocycles. The van der Waals surface area contributed by atoms with Crippen molar-refractivity contribution in [3.8, 4) is 0 Å². The Morgan fingerprint density at radius 2 is 1.82 bits per heavy atom. The normalized spacial score (nSPS) is 22.0. The van der Waals surface area contributed by atoms with Crippen molar-refractivity contribution < 1.29 is 18.8 Å². The van der Waals surface area contributed by atoms with Crippen LogP contribution in [0.2, 0.25) is 0 Å². The van der Waals surface area contributed by atoms with E-state index in [-0.39, 0.29) is 35.4 Å². The maximum absolute atomic E-state index is 14.9. The van der Waals surface area contributed by atoms with E-state index >= 15 is 0 Å². The number of piperidine rings is 2. The predicted octanol–water partition coefficient (Wildman–Crippen LogP) is 4.46. The van der Waals surface area contributed by atoms with Gasteiger partial charge in [-0.05, 0) is 87.6 Å². The average Bonchev–Trinajstić information content (AvgIpc) is 3.66. The van der Waals surface area contributed by atoms with Crippen LogP contribution in [-0.4, -0.2) is 71.1 Å². The Balaban J connectivity index is 0.874. The molecule has 8 rings (SSSR count). The Bertz CT molecular complexity index is 2190. The van der Waals surface area contributed by atoms with E-state index in [1.807, 2.05) is 23.0 Å². The van der Waals surface area contributed by atoms with Crippen molar-refractivity contribution in [2.75, 3.05) is 25.0 Å². The highest BCUT2D eigenvalue weighted by Gasteiger charge is 2.33. The molecular formula is C37H40FN9O4. The number of carbonyl (C=O) groups is 3. The Morgan fingerprint density at radius 1 is 1.02 bits per heavy atom. The smallest absolute Gasteiger partial charge is 0.318 e. The number of nitrogens with zero attached hydrogens (tertiary/aromatic N) is 7. The minimum Gasteiger partial charge on any atom is -0.318 e. The molecule has 0 spiro atoms. The van der Waals surface area contributed by atoms with E-state index in [9.17, 15) is 23.6 Å². The number of anilines is 1. The maximum atomic E-state index is 14.9. The summed E-state index contributed by atoms with van der Waals surface area (Å²) in [6, 6.07) is 8.51. The molecule has 51 heavy (non-hydrogen) atoms. The molecule has 5 aromatic rings. The zero-order valence-corrected chi connectivity index (χ0v) is 28.4. The minimum atomic E-state index is -0.690. The van der Waals surface area contributed by atoms with Gasteiger partial charge in [-0.15, -0.1) is 0 Å². The highest BCUT2D eigenvalue weighted by Crippen LogP contribution is 2.37. The summed E-state index contributed by atoms with van der Waals surface area (Å²) in [5, 5.41) is 10.4. The topological polar surface area (TPSA) is 149 Å². The van der Waals surface area contributed by atoms with Gasteiger partial charge in [-0.25, -0.2) is 14.2 Å². The van der Waals surface area contributed by atoms with Crippen LogP contribution in [0, 0.1) is 11.7 Å². The third kappa shape index (κ3) is 6.32. The number of hydrogen-bond acceptors (Lipinski definition) is 8. The standard InChI is InChI=1S/C37H40FN9O4/c1-44-34-26(3-2-4-31(34)47(37(44)51)32-9-10-33(48)42-36(32)50)23-11-15-45(16-12-23)20-22-5-7-25(8-6-22)46-21-24-17-29(27(38)18-28(24)43-46)41-35(49)30-19-39-13-14-40-30/h2-4,13-14,17-19,21-23,25,32H,5-12,15-16,20H2,1H3,(H,41,49)(H,42,48,50)/t22-,25-,32?. The Kier molecular flexibility index (Phi) is 8.70. The summed E-state index contributed by atoms with van der Waals surface area (Å²) in [6.45, 7) is 3.01. The first-order valence-electron chi connectivity index (χ1n) is 17.7. The molecule has 3 amide bonds. The second-order valence-electron chi connectivity index (χ2n) is 14.2. The molecule has 3 fully saturated rings. The number of para-hydroxylation sites is 1. The molecule has 0 radical (unpaired) electrons. The van der Waals surface area contributed by atoms with E-state index in [4.69, 9.17) is 5.10 Å². The van der Waals surface area contributed by atoms with Gasteiger partial charge in [-0.1, -0.05) is 12.1 Å². The zero-order chi connectivity index (χ0) is 35.2. The van der Waals surface area contributed by atoms with Gasteiger partial charge in [0.1, 0.15) is 17.6 Å². The lowest BCUT2D eigenvalue weighted by Crippen LogP contribution is -2.44. The Hall–Kier alpha value is -5.24. The Labute approximate surface area is 292 Å². The third-order valence-electron chi connectivity index (χ3n) is 11.0. The summed E-state index contributed by atoms with van der Waals surface area (Å²) >= 11 is 0. The van der Waals surface area contributed by atoms with E-state index in [2.05, 4.69) is 31.6 Å². The summed E-state index contributed by atoms with van der Waals surface area (Å²) in [5.74, 6) is -0.892. The molecule has 5 heterocycles. The number of benzene rings is 2. The van der Waals surface area contributed by atoms with Crippen molar-refractivity contribution in [1.29, 1.82) is 0 Å². The molecular weight excluding hydrogens is 653 g/mol. The molecule has 1 atom stereocenters. The molecule has 3 aliphatic rings. The maximum Gasteiger partial charge on any atom is 0.329 e. The van der Waals surface area contributed by atoms with E-state index in [0.29, 0.717) is 23.8 Å². The van der Waals surface area contributed by atoms with Gasteiger partial charge in [0, 0.05) is 50.1 Å². The molecule has 2 aromatic carbocycles. The number of aromatic nitrogens is 6. The molecule has 1 aliphatic carbocycles. The van der Waals surface area contributed by atoms with E-state index in [0.717, 1.165) is 80.1 Å². The molecule has 264 valence electrons. The monoisotopic (exact) mass is 693 g/mol. The third-order valence-corrected chi connectivity index (χ3v) is 11.0. The lowest BCUT2D eigenvalue weighted by atomic mass is 9.84. The van der Waals surface area contributed by atoms with E-state index < -0.39 is 23.7 Å². The SMILES string of the molecule is Cn1c(=O)n(C2CCC(=O)NC2=O)c2cccc(C3CCN(C[C@H]4CC[C@H](n5cc6cc(NC(=O)c7cnccn7)c(F)cc6n5)CC4)CC3)c21. The van der Waals surface area contributed by atoms with Gasteiger partial charge in [0.05, 0.1) is 34.5 Å². The van der Waals surface area contributed by atoms with Crippen molar-refractivity contribution in [3.63, 3.8) is 0 Å². The zero-order valence-electron chi connectivity index (χ0n) is 28.4. The highest BCUT2D eigenvalue weighted by molar-refractivity contribution is 6.03. The van der Waals surface area contributed by atoms with E-state index in [1.54, 1.807) is 22.2 Å². The number of fused-ring (bicyclic) bond motifs is 2. The second-order valence-corrected chi connectivity index (χ2v) is 14.2. The van der Waals surface area contributed by atoms with Gasteiger partial charge in [0.15, 0.2) is 0 Å². The van der Waals surface area contributed by atoms with Crippen LogP contribution >= 0.6 is 0 Å². The summed E-state index contributed by atoms with van der Waals surface area (Å²) in [4.78, 5) is 60.8. The minimum absolute atomic E-state index is 0.0801. The summed E-state index contributed by atoms with van der Waals surface area (Å²) < 4.78 is 20.1. The molecule has 3 aromatic heterocycles. The fraction of sp³-hybridized carbons (Fsp3) is 0.432. The van der Waals surface area contributed by atoms with Crippen molar-refractivity contribution in [3.05, 3.63) is 82.7 Å². The van der Waals surface area contributed by atoms with Gasteiger partial charge in [-0.2, -0.15) is 5.10 Å². The van der Waals surface area contributed by atoms with Crippen LogP contribution in [0.15, 0.2) is 59.9 Å². The van der Waals surface area contributed by atoms with Gasteiger partial charge < -0.3 is 10.2 Å². The van der Waals surface area contributed by atoms with Crippen LogP contribution in [0.1, 0.15) is 85.4 Å². The number of halogens is 1. The van der Waals surface area contributed by atoms with E-state index in [1.165, 1.54) is 24.7 Å². The second kappa shape index (κ2) is 13.5. The number of carbonyl (C=O) groups excluding carboxylic acids is 3. The molecule has 1 unspecified atom stereocenters. The number of amides is 3. The van der Waals surface area contributed by atoms with Crippen molar-refractivity contribution in [2.45, 2.75) is 69.4 Å². The van der Waals surface area contributed by atoms with Gasteiger partial charge in [-0.3, -0.25) is 38.5 Å². The number of imidazole rings is 1. The number of imide groups is 1. The fourth-order valence-electron chi connectivity index (χ4n) is 8.36. The average molecular weight is 694 g/mol. The van der Waals surface area contributed by atoms with Crippen LogP contribution in [0.5, 0.6) is 0 Å². The predicted molar refractivity (Wildman–Crippen MR) is 188 cm³/mol. The van der Waals surface area contributed by atoms with Crippen molar-refractivity contribution in [2.24, 2.45) is 13.0 Å². The van der Waals surface area contributed by atoms with Crippen LogP contribution in [0.25, 0.3) is 21.9 Å². The molecule has 14 heteroatoms. The van der Waals surface area contributed by atoms with Gasteiger partial charge >= 0.3 is 5.69 Å². The van der Waals surface area contributed by atoms with Crippen molar-refractivity contribution in [1.82, 2.24) is 39.1 Å². The summed E-state index contributed by atoms with van der Waals surface area (Å²) in [6.07, 6.45) is 12.8. The highest BCUT2D eigenvalue weighted by atomic mass is 19.1. The van der Waals surface area contributed by atoms with Crippen LogP contribution in [0.4, 0.5) is 10.1 Å². The lowest BCUT2D eigenvalue weighted by Gasteiger charge is -2.37. The fourth-order valence-corrected chi connectivity index (χ4v) is 8.36. The van der Waals surface area contributed by atoms with Gasteiger partial charge in [0.25, 0.3) is 5.91 Å². The first-order valence-corrected chi connectivity index (χ1v) is 17.7. The number of aryl methyl sites for hydroxylation is 1.